The molecule has 2 rings (SSSR count). The van der Waals surface area contributed by atoms with Crippen LogP contribution >= 0.6 is 0 Å². The summed E-state index contributed by atoms with van der Waals surface area (Å²) < 4.78 is 27.3. The summed E-state index contributed by atoms with van der Waals surface area (Å²) in [6.45, 7) is 0. The van der Waals surface area contributed by atoms with Crippen molar-refractivity contribution in [1.82, 2.24) is 0 Å². The van der Waals surface area contributed by atoms with Gasteiger partial charge in [0.2, 0.25) is 0 Å². The Balaban J connectivity index is 2.16. The van der Waals surface area contributed by atoms with Gasteiger partial charge < -0.3 is 10.4 Å². The first-order valence-corrected chi connectivity index (χ1v) is 6.57. The van der Waals surface area contributed by atoms with Gasteiger partial charge >= 0.3 is 5.97 Å². The molecule has 0 saturated heterocycles. The van der Waals surface area contributed by atoms with E-state index in [-0.39, 0.29) is 11.7 Å². The van der Waals surface area contributed by atoms with E-state index in [1.807, 2.05) is 0 Å². The fourth-order valence-electron chi connectivity index (χ4n) is 2.47. The molecule has 0 spiro atoms. The van der Waals surface area contributed by atoms with E-state index < -0.39 is 23.2 Å². The SMILES string of the molecule is O=C(O)c1ccc(NC2CCCCCC2)c(F)c1F. The fraction of sp³-hybridized carbons (Fsp3) is 0.500. The minimum absolute atomic E-state index is 0.0504. The third-order valence-electron chi connectivity index (χ3n) is 3.53. The predicted molar refractivity (Wildman–Crippen MR) is 68.4 cm³/mol. The molecular formula is C14H17F2NO2. The third kappa shape index (κ3) is 3.22. The van der Waals surface area contributed by atoms with E-state index in [9.17, 15) is 13.6 Å². The molecule has 0 bridgehead atoms. The highest BCUT2D eigenvalue weighted by molar-refractivity contribution is 5.88. The van der Waals surface area contributed by atoms with Crippen molar-refractivity contribution in [1.29, 1.82) is 0 Å². The Morgan fingerprint density at radius 2 is 1.74 bits per heavy atom. The largest absolute Gasteiger partial charge is 0.478 e. The van der Waals surface area contributed by atoms with Gasteiger partial charge in [-0.25, -0.2) is 13.6 Å². The molecule has 0 amide bonds. The standard InChI is InChI=1S/C14H17F2NO2/c15-12-10(14(18)19)7-8-11(13(12)16)17-9-5-3-1-2-4-6-9/h7-9,17H,1-6H2,(H,18,19). The van der Waals surface area contributed by atoms with E-state index in [0.717, 1.165) is 31.7 Å². The van der Waals surface area contributed by atoms with Crippen molar-refractivity contribution < 1.29 is 18.7 Å². The predicted octanol–water partition coefficient (Wildman–Crippen LogP) is 3.80. The lowest BCUT2D eigenvalue weighted by atomic mass is 10.1. The van der Waals surface area contributed by atoms with Crippen molar-refractivity contribution in [3.8, 4) is 0 Å². The number of aromatic carboxylic acids is 1. The van der Waals surface area contributed by atoms with E-state index in [1.165, 1.54) is 18.9 Å². The van der Waals surface area contributed by atoms with Crippen molar-refractivity contribution >= 4 is 11.7 Å². The van der Waals surface area contributed by atoms with Gasteiger partial charge in [-0.2, -0.15) is 0 Å². The van der Waals surface area contributed by atoms with E-state index >= 15 is 0 Å². The van der Waals surface area contributed by atoms with Crippen LogP contribution in [0.2, 0.25) is 0 Å². The van der Waals surface area contributed by atoms with Gasteiger partial charge in [-0.1, -0.05) is 25.7 Å². The average molecular weight is 269 g/mol. The quantitative estimate of drug-likeness (QED) is 0.821. The number of carboxylic acid groups (broad SMARTS) is 1. The third-order valence-corrected chi connectivity index (χ3v) is 3.53. The van der Waals surface area contributed by atoms with Crippen LogP contribution < -0.4 is 5.32 Å². The first kappa shape index (κ1) is 13.8. The molecule has 1 aromatic carbocycles. The minimum atomic E-state index is -1.46. The van der Waals surface area contributed by atoms with E-state index in [1.54, 1.807) is 0 Å². The Morgan fingerprint density at radius 3 is 2.32 bits per heavy atom. The van der Waals surface area contributed by atoms with Gasteiger partial charge in [0.25, 0.3) is 0 Å². The van der Waals surface area contributed by atoms with Gasteiger partial charge in [0, 0.05) is 6.04 Å². The number of hydrogen-bond donors (Lipinski definition) is 2. The van der Waals surface area contributed by atoms with E-state index in [0.29, 0.717) is 0 Å². The molecule has 1 fully saturated rings. The number of hydrogen-bond acceptors (Lipinski definition) is 2. The number of carboxylic acids is 1. The number of carbonyl (C=O) groups is 1. The van der Waals surface area contributed by atoms with Crippen LogP contribution in [0.1, 0.15) is 48.9 Å². The first-order chi connectivity index (χ1) is 9.09. The van der Waals surface area contributed by atoms with E-state index in [2.05, 4.69) is 5.32 Å². The smallest absolute Gasteiger partial charge is 0.338 e. The van der Waals surface area contributed by atoms with Crippen LogP contribution in [0.4, 0.5) is 14.5 Å². The highest BCUT2D eigenvalue weighted by Gasteiger charge is 2.20. The molecule has 1 saturated carbocycles. The highest BCUT2D eigenvalue weighted by atomic mass is 19.2. The fourth-order valence-corrected chi connectivity index (χ4v) is 2.47. The number of benzene rings is 1. The molecule has 0 aliphatic heterocycles. The second-order valence-corrected chi connectivity index (χ2v) is 4.93. The van der Waals surface area contributed by atoms with Gasteiger partial charge in [-0.05, 0) is 25.0 Å². The molecular weight excluding hydrogens is 252 g/mol. The average Bonchev–Trinajstić information content (AvgIpc) is 2.63. The van der Waals surface area contributed by atoms with Crippen LogP contribution in [0.25, 0.3) is 0 Å². The van der Waals surface area contributed by atoms with Crippen molar-refractivity contribution in [2.45, 2.75) is 44.6 Å². The van der Waals surface area contributed by atoms with Crippen molar-refractivity contribution in [3.63, 3.8) is 0 Å². The number of anilines is 1. The molecule has 1 aromatic rings. The maximum Gasteiger partial charge on any atom is 0.338 e. The molecule has 0 radical (unpaired) electrons. The highest BCUT2D eigenvalue weighted by Crippen LogP contribution is 2.25. The van der Waals surface area contributed by atoms with Crippen LogP contribution in [0.3, 0.4) is 0 Å². The molecule has 0 atom stereocenters. The van der Waals surface area contributed by atoms with Gasteiger partial charge in [0.05, 0.1) is 11.3 Å². The van der Waals surface area contributed by atoms with Gasteiger partial charge in [0.1, 0.15) is 0 Å². The molecule has 0 aromatic heterocycles. The number of rotatable bonds is 3. The molecule has 3 nitrogen and oxygen atoms in total. The Kier molecular flexibility index (Phi) is 4.35. The molecule has 0 unspecified atom stereocenters. The maximum atomic E-state index is 13.8. The van der Waals surface area contributed by atoms with Crippen LogP contribution in [0.15, 0.2) is 12.1 Å². The summed E-state index contributed by atoms with van der Waals surface area (Å²) in [5.74, 6) is -3.87. The number of nitrogens with one attached hydrogen (secondary N) is 1. The van der Waals surface area contributed by atoms with Crippen molar-refractivity contribution in [2.75, 3.05) is 5.32 Å². The summed E-state index contributed by atoms with van der Waals surface area (Å²) in [6, 6.07) is 2.53. The lowest BCUT2D eigenvalue weighted by Gasteiger charge is -2.18. The molecule has 5 heteroatoms. The lowest BCUT2D eigenvalue weighted by molar-refractivity contribution is 0.0690. The Bertz CT molecular complexity index is 469. The Morgan fingerprint density at radius 1 is 1.11 bits per heavy atom. The first-order valence-electron chi connectivity index (χ1n) is 6.57. The van der Waals surface area contributed by atoms with Crippen LogP contribution in [0, 0.1) is 11.6 Å². The van der Waals surface area contributed by atoms with Gasteiger partial charge in [-0.15, -0.1) is 0 Å². The van der Waals surface area contributed by atoms with Crippen LogP contribution in [0.5, 0.6) is 0 Å². The minimum Gasteiger partial charge on any atom is -0.478 e. The second kappa shape index (κ2) is 5.99. The Hall–Kier alpha value is -1.65. The normalized spacial score (nSPS) is 16.9. The summed E-state index contributed by atoms with van der Waals surface area (Å²) in [5.41, 5.74) is -0.585. The second-order valence-electron chi connectivity index (χ2n) is 4.93. The zero-order valence-corrected chi connectivity index (χ0v) is 10.6. The summed E-state index contributed by atoms with van der Waals surface area (Å²) in [6.07, 6.45) is 6.37. The van der Waals surface area contributed by atoms with Crippen molar-refractivity contribution in [2.24, 2.45) is 0 Å². The monoisotopic (exact) mass is 269 g/mol. The zero-order chi connectivity index (χ0) is 13.8. The lowest BCUT2D eigenvalue weighted by Crippen LogP contribution is -2.19. The van der Waals surface area contributed by atoms with Gasteiger partial charge in [-0.3, -0.25) is 0 Å². The van der Waals surface area contributed by atoms with E-state index in [4.69, 9.17) is 5.11 Å². The Labute approximate surface area is 110 Å². The maximum absolute atomic E-state index is 13.8. The summed E-state index contributed by atoms with van der Waals surface area (Å²) in [7, 11) is 0. The summed E-state index contributed by atoms with van der Waals surface area (Å²) >= 11 is 0. The molecule has 1 aliphatic rings. The zero-order valence-electron chi connectivity index (χ0n) is 10.6. The topological polar surface area (TPSA) is 49.3 Å². The summed E-state index contributed by atoms with van der Waals surface area (Å²) in [4.78, 5) is 10.7. The molecule has 1 aliphatic carbocycles. The van der Waals surface area contributed by atoms with Crippen LogP contribution in [-0.2, 0) is 0 Å². The molecule has 104 valence electrons. The summed E-state index contributed by atoms with van der Waals surface area (Å²) in [5, 5.41) is 11.7. The van der Waals surface area contributed by atoms with Gasteiger partial charge in [0.15, 0.2) is 11.6 Å². The molecule has 0 heterocycles. The molecule has 19 heavy (non-hydrogen) atoms. The van der Waals surface area contributed by atoms with Crippen LogP contribution in [-0.4, -0.2) is 17.1 Å². The van der Waals surface area contributed by atoms with Crippen molar-refractivity contribution in [3.05, 3.63) is 29.3 Å². The number of halogens is 2. The molecule has 2 N–H and O–H groups in total.